The Morgan fingerprint density at radius 1 is 1.41 bits per heavy atom. The molecule has 1 heterocycles. The number of rotatable bonds is 3. The molecule has 0 aromatic carbocycles. The van der Waals surface area contributed by atoms with Crippen LogP contribution < -0.4 is 10.6 Å². The van der Waals surface area contributed by atoms with E-state index in [9.17, 15) is 4.79 Å². The van der Waals surface area contributed by atoms with Gasteiger partial charge in [-0.3, -0.25) is 4.79 Å². The summed E-state index contributed by atoms with van der Waals surface area (Å²) in [6.07, 6.45) is 3.05. The van der Waals surface area contributed by atoms with Crippen molar-refractivity contribution in [3.8, 4) is 0 Å². The van der Waals surface area contributed by atoms with Crippen LogP contribution in [0.15, 0.2) is 0 Å². The fourth-order valence-corrected chi connectivity index (χ4v) is 3.76. The lowest BCUT2D eigenvalue weighted by Gasteiger charge is -2.24. The monoisotopic (exact) mass is 256 g/mol. The molecule has 1 aliphatic carbocycles. The van der Waals surface area contributed by atoms with E-state index in [1.54, 1.807) is 0 Å². The van der Waals surface area contributed by atoms with Gasteiger partial charge < -0.3 is 10.6 Å². The van der Waals surface area contributed by atoms with Gasteiger partial charge in [-0.05, 0) is 24.7 Å². The summed E-state index contributed by atoms with van der Waals surface area (Å²) >= 11 is 1.95. The Balaban J connectivity index is 1.73. The molecule has 0 spiro atoms. The van der Waals surface area contributed by atoms with Crippen LogP contribution in [0.4, 0.5) is 0 Å². The minimum absolute atomic E-state index is 0.232. The van der Waals surface area contributed by atoms with Crippen LogP contribution in [0.25, 0.3) is 0 Å². The molecule has 17 heavy (non-hydrogen) atoms. The van der Waals surface area contributed by atoms with E-state index in [0.717, 1.165) is 24.6 Å². The quantitative estimate of drug-likeness (QED) is 0.806. The Bertz CT molecular complexity index is 266. The van der Waals surface area contributed by atoms with Gasteiger partial charge in [-0.2, -0.15) is 11.8 Å². The molecule has 0 aromatic heterocycles. The summed E-state index contributed by atoms with van der Waals surface area (Å²) in [4.78, 5) is 12.0. The largest absolute Gasteiger partial charge is 0.353 e. The lowest BCUT2D eigenvalue weighted by molar-refractivity contribution is -0.122. The van der Waals surface area contributed by atoms with E-state index in [2.05, 4.69) is 24.5 Å². The van der Waals surface area contributed by atoms with Crippen LogP contribution in [0.3, 0.4) is 0 Å². The molecular formula is C13H24N2OS. The zero-order valence-electron chi connectivity index (χ0n) is 10.9. The molecule has 2 rings (SSSR count). The van der Waals surface area contributed by atoms with Gasteiger partial charge in [0.25, 0.3) is 0 Å². The number of hydrogen-bond donors (Lipinski definition) is 2. The number of thioether (sulfide) groups is 1. The molecule has 2 aliphatic rings. The molecular weight excluding hydrogens is 232 g/mol. The Morgan fingerprint density at radius 3 is 2.82 bits per heavy atom. The van der Waals surface area contributed by atoms with Crippen molar-refractivity contribution >= 4 is 17.7 Å². The Labute approximate surface area is 108 Å². The van der Waals surface area contributed by atoms with Crippen LogP contribution in [-0.2, 0) is 4.79 Å². The van der Waals surface area contributed by atoms with E-state index >= 15 is 0 Å². The molecule has 98 valence electrons. The standard InChI is InChI=1S/C13H24N2OS/c1-9-3-4-12(10(9)2)15-13(16)7-11-8-17-6-5-14-11/h9-12,14H,3-8H2,1-2H3,(H,15,16). The fourth-order valence-electron chi connectivity index (χ4n) is 2.81. The van der Waals surface area contributed by atoms with Gasteiger partial charge in [-0.1, -0.05) is 13.8 Å². The summed E-state index contributed by atoms with van der Waals surface area (Å²) in [7, 11) is 0. The Morgan fingerprint density at radius 2 is 2.24 bits per heavy atom. The van der Waals surface area contributed by atoms with Crippen LogP contribution in [0.5, 0.6) is 0 Å². The lowest BCUT2D eigenvalue weighted by atomic mass is 9.97. The summed E-state index contributed by atoms with van der Waals surface area (Å²) in [5.74, 6) is 3.87. The highest BCUT2D eigenvalue weighted by molar-refractivity contribution is 7.99. The molecule has 4 atom stereocenters. The van der Waals surface area contributed by atoms with Crippen molar-refractivity contribution in [1.82, 2.24) is 10.6 Å². The average Bonchev–Trinajstić information content (AvgIpc) is 2.62. The molecule has 1 saturated carbocycles. The van der Waals surface area contributed by atoms with E-state index in [0.29, 0.717) is 24.4 Å². The first-order chi connectivity index (χ1) is 8.16. The summed E-state index contributed by atoms with van der Waals surface area (Å²) in [5, 5.41) is 6.63. The number of carbonyl (C=O) groups is 1. The van der Waals surface area contributed by atoms with Gasteiger partial charge >= 0.3 is 0 Å². The van der Waals surface area contributed by atoms with Crippen LogP contribution in [0.1, 0.15) is 33.1 Å². The predicted molar refractivity (Wildman–Crippen MR) is 73.2 cm³/mol. The zero-order valence-corrected chi connectivity index (χ0v) is 11.7. The van der Waals surface area contributed by atoms with Gasteiger partial charge in [0.2, 0.25) is 5.91 Å². The van der Waals surface area contributed by atoms with Crippen LogP contribution in [0.2, 0.25) is 0 Å². The number of carbonyl (C=O) groups excluding carboxylic acids is 1. The minimum atomic E-state index is 0.232. The van der Waals surface area contributed by atoms with E-state index in [-0.39, 0.29) is 5.91 Å². The van der Waals surface area contributed by atoms with Crippen LogP contribution >= 0.6 is 11.8 Å². The normalized spacial score (nSPS) is 38.0. The highest BCUT2D eigenvalue weighted by Crippen LogP contribution is 2.31. The maximum Gasteiger partial charge on any atom is 0.221 e. The minimum Gasteiger partial charge on any atom is -0.353 e. The maximum atomic E-state index is 12.0. The van der Waals surface area contributed by atoms with E-state index < -0.39 is 0 Å². The first-order valence-corrected chi connectivity index (χ1v) is 7.92. The first kappa shape index (κ1) is 13.2. The topological polar surface area (TPSA) is 41.1 Å². The zero-order chi connectivity index (χ0) is 12.3. The van der Waals surface area contributed by atoms with Crippen LogP contribution in [0, 0.1) is 11.8 Å². The summed E-state index contributed by atoms with van der Waals surface area (Å²) in [6, 6.07) is 0.789. The fraction of sp³-hybridized carbons (Fsp3) is 0.923. The lowest BCUT2D eigenvalue weighted by Crippen LogP contribution is -2.44. The highest BCUT2D eigenvalue weighted by Gasteiger charge is 2.31. The Hall–Kier alpha value is -0.220. The van der Waals surface area contributed by atoms with Crippen molar-refractivity contribution in [2.45, 2.75) is 45.2 Å². The molecule has 1 saturated heterocycles. The van der Waals surface area contributed by atoms with Gasteiger partial charge in [0, 0.05) is 36.6 Å². The van der Waals surface area contributed by atoms with Crippen LogP contribution in [-0.4, -0.2) is 36.0 Å². The second-order valence-corrected chi connectivity index (χ2v) is 6.67. The molecule has 1 aliphatic heterocycles. The highest BCUT2D eigenvalue weighted by atomic mass is 32.2. The maximum absolute atomic E-state index is 12.0. The molecule has 0 aromatic rings. The SMILES string of the molecule is CC1CCC(NC(=O)CC2CSCCN2)C1C. The number of nitrogens with one attached hydrogen (secondary N) is 2. The second-order valence-electron chi connectivity index (χ2n) is 5.52. The van der Waals surface area contributed by atoms with Crippen molar-refractivity contribution < 1.29 is 4.79 Å². The van der Waals surface area contributed by atoms with Crippen molar-refractivity contribution in [3.05, 3.63) is 0 Å². The number of amides is 1. The molecule has 2 fully saturated rings. The average molecular weight is 256 g/mol. The van der Waals surface area contributed by atoms with Crippen molar-refractivity contribution in [2.24, 2.45) is 11.8 Å². The molecule has 4 heteroatoms. The Kier molecular flexibility index (Phi) is 4.74. The third-order valence-corrected chi connectivity index (χ3v) is 5.37. The van der Waals surface area contributed by atoms with Gasteiger partial charge in [-0.25, -0.2) is 0 Å². The third-order valence-electron chi connectivity index (χ3n) is 4.24. The molecule has 3 nitrogen and oxygen atoms in total. The van der Waals surface area contributed by atoms with Gasteiger partial charge in [0.05, 0.1) is 0 Å². The predicted octanol–water partition coefficient (Wildman–Crippen LogP) is 1.63. The summed E-state index contributed by atoms with van der Waals surface area (Å²) < 4.78 is 0. The molecule has 1 amide bonds. The summed E-state index contributed by atoms with van der Waals surface area (Å²) in [5.41, 5.74) is 0. The van der Waals surface area contributed by atoms with E-state index in [1.165, 1.54) is 12.2 Å². The van der Waals surface area contributed by atoms with Crippen molar-refractivity contribution in [2.75, 3.05) is 18.1 Å². The molecule has 0 bridgehead atoms. The van der Waals surface area contributed by atoms with Gasteiger partial charge in [0.1, 0.15) is 0 Å². The molecule has 4 unspecified atom stereocenters. The van der Waals surface area contributed by atoms with Gasteiger partial charge in [-0.15, -0.1) is 0 Å². The van der Waals surface area contributed by atoms with E-state index in [4.69, 9.17) is 0 Å². The third kappa shape index (κ3) is 3.62. The number of hydrogen-bond acceptors (Lipinski definition) is 3. The first-order valence-electron chi connectivity index (χ1n) is 6.77. The molecule has 2 N–H and O–H groups in total. The van der Waals surface area contributed by atoms with Crippen molar-refractivity contribution in [1.29, 1.82) is 0 Å². The van der Waals surface area contributed by atoms with E-state index in [1.807, 2.05) is 11.8 Å². The second kappa shape index (κ2) is 6.10. The van der Waals surface area contributed by atoms with Gasteiger partial charge in [0.15, 0.2) is 0 Å². The summed E-state index contributed by atoms with van der Waals surface area (Å²) in [6.45, 7) is 5.59. The molecule has 0 radical (unpaired) electrons. The van der Waals surface area contributed by atoms with Crippen molar-refractivity contribution in [3.63, 3.8) is 0 Å². The smallest absolute Gasteiger partial charge is 0.221 e.